The molecule has 0 saturated carbocycles. The van der Waals surface area contributed by atoms with E-state index in [1.165, 1.54) is 24.3 Å². The number of carboxylic acids is 1. The van der Waals surface area contributed by atoms with Gasteiger partial charge in [-0.05, 0) is 38.3 Å². The molecule has 0 spiro atoms. The van der Waals surface area contributed by atoms with E-state index in [9.17, 15) is 23.1 Å². The molecule has 0 aliphatic carbocycles. The second-order valence-electron chi connectivity index (χ2n) is 8.03. The van der Waals surface area contributed by atoms with E-state index in [0.717, 1.165) is 37.4 Å². The molecule has 186 valence electrons. The van der Waals surface area contributed by atoms with Gasteiger partial charge in [-0.25, -0.2) is 13.4 Å². The number of aliphatic carboxylic acids is 1. The van der Waals surface area contributed by atoms with Crippen molar-refractivity contribution in [2.45, 2.75) is 55.7 Å². The number of carbonyl (C=O) groups is 2. The highest BCUT2D eigenvalue weighted by molar-refractivity contribution is 7.89. The summed E-state index contributed by atoms with van der Waals surface area (Å²) in [7, 11) is -4.05. The minimum atomic E-state index is -4.05. The number of nitrogens with zero attached hydrogens (tertiary/aromatic N) is 1. The van der Waals surface area contributed by atoms with Crippen molar-refractivity contribution >= 4 is 27.8 Å². The van der Waals surface area contributed by atoms with Crippen LogP contribution in [0.5, 0.6) is 0 Å². The fourth-order valence-corrected chi connectivity index (χ4v) is 4.65. The number of unbranched alkanes of at least 4 members (excludes halogenated alkanes) is 1. The maximum Gasteiger partial charge on any atom is 0.323 e. The molecule has 1 amide bonds. The van der Waals surface area contributed by atoms with Gasteiger partial charge in [0.25, 0.3) is 0 Å². The Balaban J connectivity index is 1.37. The van der Waals surface area contributed by atoms with Crippen molar-refractivity contribution in [3.63, 3.8) is 0 Å². The normalized spacial score (nSPS) is 19.0. The summed E-state index contributed by atoms with van der Waals surface area (Å²) >= 11 is 0. The van der Waals surface area contributed by atoms with Crippen molar-refractivity contribution in [1.82, 2.24) is 25.5 Å². The van der Waals surface area contributed by atoms with Gasteiger partial charge in [-0.3, -0.25) is 14.4 Å². The number of anilines is 1. The van der Waals surface area contributed by atoms with Crippen LogP contribution in [-0.2, 0) is 24.4 Å². The zero-order valence-electron chi connectivity index (χ0n) is 18.8. The Morgan fingerprint density at radius 2 is 2.03 bits per heavy atom. The lowest BCUT2D eigenvalue weighted by atomic mass is 10.1. The second-order valence-corrected chi connectivity index (χ2v) is 9.74. The summed E-state index contributed by atoms with van der Waals surface area (Å²) in [6.45, 7) is 2.26. The molecule has 0 bridgehead atoms. The van der Waals surface area contributed by atoms with Gasteiger partial charge in [0.05, 0.1) is 16.7 Å². The Labute approximate surface area is 197 Å². The van der Waals surface area contributed by atoms with Crippen LogP contribution in [-0.4, -0.2) is 66.6 Å². The molecule has 2 heterocycles. The van der Waals surface area contributed by atoms with Gasteiger partial charge in [-0.15, -0.1) is 0 Å². The van der Waals surface area contributed by atoms with Gasteiger partial charge in [0.2, 0.25) is 15.9 Å². The number of imidazole rings is 1. The van der Waals surface area contributed by atoms with Crippen LogP contribution in [0.3, 0.4) is 0 Å². The van der Waals surface area contributed by atoms with Crippen LogP contribution < -0.4 is 20.8 Å². The zero-order valence-corrected chi connectivity index (χ0v) is 19.6. The third-order valence-corrected chi connectivity index (χ3v) is 6.76. The molecule has 6 N–H and O–H groups in total. The largest absolute Gasteiger partial charge is 0.480 e. The standard InChI is InChI=1S/C21H30N6O6S/c1-14-12-24-21(25-14)22-10-6-5-7-15-11-17(26-33-15)19(28)23-13-18(20(29)30)27-34(31,32)16-8-3-2-4-9-16/h2-4,8-9,12,15,17-18,26-27H,5-7,10-11,13H2,1H3,(H,23,28)(H,29,30)(H2,22,24,25). The number of aryl methyl sites for hydroxylation is 1. The molecule has 1 aromatic heterocycles. The highest BCUT2D eigenvalue weighted by Gasteiger charge is 2.32. The van der Waals surface area contributed by atoms with Crippen LogP contribution in [0.4, 0.5) is 5.95 Å². The van der Waals surface area contributed by atoms with Crippen LogP contribution in [0.15, 0.2) is 41.4 Å². The van der Waals surface area contributed by atoms with Crippen LogP contribution in [0, 0.1) is 6.92 Å². The molecule has 0 radical (unpaired) electrons. The summed E-state index contributed by atoms with van der Waals surface area (Å²) in [6.07, 6.45) is 4.65. The van der Waals surface area contributed by atoms with Crippen molar-refractivity contribution in [3.05, 3.63) is 42.2 Å². The minimum absolute atomic E-state index is 0.0595. The van der Waals surface area contributed by atoms with Crippen LogP contribution in [0.1, 0.15) is 31.4 Å². The lowest BCUT2D eigenvalue weighted by Crippen LogP contribution is -2.51. The number of carbonyl (C=O) groups excluding carboxylic acids is 1. The smallest absolute Gasteiger partial charge is 0.323 e. The van der Waals surface area contributed by atoms with E-state index >= 15 is 0 Å². The fourth-order valence-electron chi connectivity index (χ4n) is 3.44. The number of nitrogens with one attached hydrogen (secondary N) is 5. The predicted octanol–water partition coefficient (Wildman–Crippen LogP) is 0.510. The van der Waals surface area contributed by atoms with E-state index in [0.29, 0.717) is 6.42 Å². The first-order chi connectivity index (χ1) is 16.2. The lowest BCUT2D eigenvalue weighted by Gasteiger charge is -2.17. The van der Waals surface area contributed by atoms with Crippen LogP contribution in [0.2, 0.25) is 0 Å². The van der Waals surface area contributed by atoms with Crippen molar-refractivity contribution in [3.8, 4) is 0 Å². The van der Waals surface area contributed by atoms with Crippen molar-refractivity contribution in [1.29, 1.82) is 0 Å². The number of benzene rings is 1. The number of aromatic amines is 1. The van der Waals surface area contributed by atoms with Gasteiger partial charge in [0.1, 0.15) is 12.1 Å². The maximum absolute atomic E-state index is 12.4. The van der Waals surface area contributed by atoms with E-state index in [4.69, 9.17) is 4.84 Å². The van der Waals surface area contributed by atoms with Crippen LogP contribution >= 0.6 is 0 Å². The zero-order chi connectivity index (χ0) is 24.6. The number of aromatic nitrogens is 2. The van der Waals surface area contributed by atoms with E-state index in [1.54, 1.807) is 6.07 Å². The number of amides is 1. The highest BCUT2D eigenvalue weighted by atomic mass is 32.2. The maximum atomic E-state index is 12.4. The Bertz CT molecular complexity index is 1060. The van der Waals surface area contributed by atoms with E-state index < -0.39 is 40.5 Å². The first-order valence-corrected chi connectivity index (χ1v) is 12.5. The van der Waals surface area contributed by atoms with Gasteiger partial charge >= 0.3 is 5.97 Å². The molecule has 3 unspecified atom stereocenters. The first kappa shape index (κ1) is 25.6. The molecule has 13 heteroatoms. The number of sulfonamides is 1. The second kappa shape index (κ2) is 11.9. The van der Waals surface area contributed by atoms with Crippen LogP contribution in [0.25, 0.3) is 0 Å². The Morgan fingerprint density at radius 1 is 1.26 bits per heavy atom. The number of rotatable bonds is 13. The summed E-state index contributed by atoms with van der Waals surface area (Å²) in [5, 5.41) is 15.1. The third kappa shape index (κ3) is 7.52. The monoisotopic (exact) mass is 494 g/mol. The topological polar surface area (TPSA) is 175 Å². The Hall–Kier alpha value is -3.00. The SMILES string of the molecule is Cc1c[nH]c(NCCCCC2CC(C(=O)NCC(NS(=O)(=O)c3ccccc3)C(=O)O)NO2)n1. The lowest BCUT2D eigenvalue weighted by molar-refractivity contribution is -0.139. The molecule has 3 atom stereocenters. The predicted molar refractivity (Wildman–Crippen MR) is 123 cm³/mol. The molecule has 1 aliphatic heterocycles. The molecule has 1 aromatic carbocycles. The average molecular weight is 495 g/mol. The number of hydroxylamine groups is 1. The minimum Gasteiger partial charge on any atom is -0.480 e. The van der Waals surface area contributed by atoms with Gasteiger partial charge in [-0.2, -0.15) is 10.2 Å². The van der Waals surface area contributed by atoms with E-state index in [-0.39, 0.29) is 11.0 Å². The van der Waals surface area contributed by atoms with Gasteiger partial charge in [-0.1, -0.05) is 18.2 Å². The number of carboxylic acid groups (broad SMARTS) is 1. The van der Waals surface area contributed by atoms with Crippen molar-refractivity contribution in [2.75, 3.05) is 18.4 Å². The van der Waals surface area contributed by atoms with E-state index in [2.05, 4.69) is 30.8 Å². The molecule has 34 heavy (non-hydrogen) atoms. The summed E-state index contributed by atoms with van der Waals surface area (Å²) in [5.41, 5.74) is 3.59. The van der Waals surface area contributed by atoms with Crippen molar-refractivity contribution < 1.29 is 28.0 Å². The average Bonchev–Trinajstić information content (AvgIpc) is 3.45. The molecule has 12 nitrogen and oxygen atoms in total. The number of hydrogen-bond acceptors (Lipinski definition) is 8. The summed E-state index contributed by atoms with van der Waals surface area (Å²) < 4.78 is 26.9. The molecule has 1 aliphatic rings. The van der Waals surface area contributed by atoms with E-state index in [1.807, 2.05) is 13.1 Å². The highest BCUT2D eigenvalue weighted by Crippen LogP contribution is 2.17. The first-order valence-electron chi connectivity index (χ1n) is 11.0. The van der Waals surface area contributed by atoms with Gasteiger partial charge in [0, 0.05) is 25.7 Å². The molecule has 3 rings (SSSR count). The molecular formula is C21H30N6O6S. The molecular weight excluding hydrogens is 464 g/mol. The van der Waals surface area contributed by atoms with Gasteiger partial charge in [0.15, 0.2) is 5.95 Å². The van der Waals surface area contributed by atoms with Crippen molar-refractivity contribution in [2.24, 2.45) is 0 Å². The van der Waals surface area contributed by atoms with Gasteiger partial charge < -0.3 is 20.7 Å². The Morgan fingerprint density at radius 3 is 2.71 bits per heavy atom. The number of hydrogen-bond donors (Lipinski definition) is 6. The summed E-state index contributed by atoms with van der Waals surface area (Å²) in [4.78, 5) is 36.7. The molecule has 2 aromatic rings. The Kier molecular flexibility index (Phi) is 8.98. The quantitative estimate of drug-likeness (QED) is 0.217. The molecule has 1 saturated heterocycles. The summed E-state index contributed by atoms with van der Waals surface area (Å²) in [5.74, 6) is -1.12. The molecule has 1 fully saturated rings. The third-order valence-electron chi connectivity index (χ3n) is 5.27. The fraction of sp³-hybridized carbons (Fsp3) is 0.476. The number of H-pyrrole nitrogens is 1. The summed E-state index contributed by atoms with van der Waals surface area (Å²) in [6, 6.07) is 5.26.